The van der Waals surface area contributed by atoms with Crippen molar-refractivity contribution in [3.63, 3.8) is 0 Å². The Morgan fingerprint density at radius 2 is 1.59 bits per heavy atom. The Labute approximate surface area is 238 Å². The zero-order valence-electron chi connectivity index (χ0n) is 22.8. The van der Waals surface area contributed by atoms with Crippen molar-refractivity contribution in [2.75, 3.05) is 43.4 Å². The summed E-state index contributed by atoms with van der Waals surface area (Å²) < 4.78 is 62.6. The zero-order chi connectivity index (χ0) is 29.6. The third-order valence-corrected chi connectivity index (χ3v) is 9.03. The van der Waals surface area contributed by atoms with Crippen LogP contribution in [0.15, 0.2) is 77.7 Å². The number of rotatable bonds is 9. The number of aliphatic hydroxyl groups is 1. The number of sulfone groups is 1. The topological polar surface area (TPSA) is 89.9 Å². The number of alkyl halides is 3. The fraction of sp³-hybridized carbons (Fsp3) is 0.367. The molecule has 11 heteroatoms. The second-order valence-electron chi connectivity index (χ2n) is 10.0. The van der Waals surface area contributed by atoms with Gasteiger partial charge in [0, 0.05) is 44.0 Å². The highest BCUT2D eigenvalue weighted by molar-refractivity contribution is 7.91. The third-order valence-electron chi connectivity index (χ3n) is 7.28. The molecule has 1 aliphatic rings. The van der Waals surface area contributed by atoms with Gasteiger partial charge < -0.3 is 15.3 Å². The van der Waals surface area contributed by atoms with Crippen molar-refractivity contribution in [2.45, 2.75) is 37.0 Å². The van der Waals surface area contributed by atoms with Gasteiger partial charge in [-0.05, 0) is 66.1 Å². The van der Waals surface area contributed by atoms with E-state index in [1.165, 1.54) is 24.3 Å². The first-order chi connectivity index (χ1) is 19.5. The number of hydrogen-bond acceptors (Lipinski definition) is 6. The van der Waals surface area contributed by atoms with E-state index in [9.17, 15) is 31.5 Å². The van der Waals surface area contributed by atoms with Gasteiger partial charge in [0.1, 0.15) is 0 Å². The lowest BCUT2D eigenvalue weighted by Gasteiger charge is -2.24. The van der Waals surface area contributed by atoms with Crippen LogP contribution in [0, 0.1) is 0 Å². The third kappa shape index (κ3) is 7.87. The van der Waals surface area contributed by atoms with Crippen molar-refractivity contribution in [3.05, 3.63) is 95.1 Å². The first-order valence-corrected chi connectivity index (χ1v) is 15.1. The van der Waals surface area contributed by atoms with Crippen LogP contribution in [0.4, 0.5) is 18.9 Å². The van der Waals surface area contributed by atoms with Crippen LogP contribution in [0.5, 0.6) is 0 Å². The number of nitrogens with one attached hydrogen (secondary N) is 1. The van der Waals surface area contributed by atoms with Crippen molar-refractivity contribution >= 4 is 21.4 Å². The highest BCUT2D eigenvalue weighted by Crippen LogP contribution is 2.29. The molecule has 1 amide bonds. The Morgan fingerprint density at radius 1 is 0.927 bits per heavy atom. The van der Waals surface area contributed by atoms with Crippen LogP contribution >= 0.6 is 0 Å². The van der Waals surface area contributed by atoms with Gasteiger partial charge in [0.05, 0.1) is 28.9 Å². The second kappa shape index (κ2) is 13.1. The Hall–Kier alpha value is -3.41. The van der Waals surface area contributed by atoms with Gasteiger partial charge in [-0.15, -0.1) is 0 Å². The molecule has 0 unspecified atom stereocenters. The molecule has 41 heavy (non-hydrogen) atoms. The first-order valence-electron chi connectivity index (χ1n) is 13.5. The van der Waals surface area contributed by atoms with E-state index in [0.29, 0.717) is 17.7 Å². The molecule has 7 nitrogen and oxygen atoms in total. The maximum Gasteiger partial charge on any atom is 0.416 e. The number of aliphatic hydroxyl groups excluding tert-OH is 1. The highest BCUT2D eigenvalue weighted by atomic mass is 32.2. The molecule has 220 valence electrons. The number of carbonyl (C=O) groups excluding carboxylic acids is 1. The van der Waals surface area contributed by atoms with Crippen LogP contribution in [-0.4, -0.2) is 62.9 Å². The fourth-order valence-corrected chi connectivity index (χ4v) is 5.70. The molecule has 1 aliphatic heterocycles. The Kier molecular flexibility index (Phi) is 9.72. The van der Waals surface area contributed by atoms with E-state index in [1.54, 1.807) is 31.2 Å². The van der Waals surface area contributed by atoms with Crippen molar-refractivity contribution in [2.24, 2.45) is 0 Å². The van der Waals surface area contributed by atoms with Crippen LogP contribution in [0.1, 0.15) is 46.4 Å². The minimum absolute atomic E-state index is 0.0130. The first kappa shape index (κ1) is 30.5. The van der Waals surface area contributed by atoms with Crippen LogP contribution in [0.25, 0.3) is 0 Å². The minimum atomic E-state index is -4.34. The highest BCUT2D eigenvalue weighted by Gasteiger charge is 2.30. The van der Waals surface area contributed by atoms with Crippen molar-refractivity contribution in [1.82, 2.24) is 10.2 Å². The molecule has 0 radical (unpaired) electrons. The summed E-state index contributed by atoms with van der Waals surface area (Å²) in [6.45, 7) is 4.92. The summed E-state index contributed by atoms with van der Waals surface area (Å²) in [6.07, 6.45) is -3.45. The Morgan fingerprint density at radius 3 is 2.17 bits per heavy atom. The number of anilines is 1. The summed E-state index contributed by atoms with van der Waals surface area (Å²) in [5, 5.41) is 12.7. The van der Waals surface area contributed by atoms with E-state index < -0.39 is 27.6 Å². The second-order valence-corrected chi connectivity index (χ2v) is 12.3. The molecular formula is C30H34F3N3O4S. The van der Waals surface area contributed by atoms with Crippen molar-refractivity contribution in [1.29, 1.82) is 0 Å². The van der Waals surface area contributed by atoms with E-state index in [-0.39, 0.29) is 23.2 Å². The fourth-order valence-electron chi connectivity index (χ4n) is 4.82. The summed E-state index contributed by atoms with van der Waals surface area (Å²) in [5.74, 6) is -0.375. The van der Waals surface area contributed by atoms with Crippen molar-refractivity contribution in [3.8, 4) is 0 Å². The predicted molar refractivity (Wildman–Crippen MR) is 151 cm³/mol. The number of amides is 1. The predicted octanol–water partition coefficient (Wildman–Crippen LogP) is 4.67. The summed E-state index contributed by atoms with van der Waals surface area (Å²) in [7, 11) is -3.34. The zero-order valence-corrected chi connectivity index (χ0v) is 23.6. The molecule has 0 spiro atoms. The number of hydrogen-bond donors (Lipinski definition) is 2. The van der Waals surface area contributed by atoms with Crippen LogP contribution in [0.3, 0.4) is 0 Å². The summed E-state index contributed by atoms with van der Waals surface area (Å²) in [6, 6.07) is 17.9. The number of nitrogens with zero attached hydrogens (tertiary/aromatic N) is 2. The van der Waals surface area contributed by atoms with E-state index >= 15 is 0 Å². The maximum absolute atomic E-state index is 12.9. The monoisotopic (exact) mass is 589 g/mol. The van der Waals surface area contributed by atoms with Gasteiger partial charge in [0.25, 0.3) is 5.91 Å². The normalized spacial score (nSPS) is 15.8. The summed E-state index contributed by atoms with van der Waals surface area (Å²) >= 11 is 0. The van der Waals surface area contributed by atoms with Gasteiger partial charge in [0.2, 0.25) is 0 Å². The quantitative estimate of drug-likeness (QED) is 0.377. The Bertz CT molecular complexity index is 1410. The largest absolute Gasteiger partial charge is 0.416 e. The molecule has 2 N–H and O–H groups in total. The number of halogens is 3. The van der Waals surface area contributed by atoms with Crippen LogP contribution < -0.4 is 10.2 Å². The number of benzene rings is 3. The minimum Gasteiger partial charge on any atom is -0.394 e. The van der Waals surface area contributed by atoms with Crippen molar-refractivity contribution < 1.29 is 31.5 Å². The molecule has 0 aromatic heterocycles. The smallest absolute Gasteiger partial charge is 0.394 e. The van der Waals surface area contributed by atoms with Gasteiger partial charge in [-0.25, -0.2) is 8.42 Å². The molecule has 1 heterocycles. The molecule has 1 saturated heterocycles. The molecule has 4 rings (SSSR count). The van der Waals surface area contributed by atoms with E-state index in [4.69, 9.17) is 0 Å². The van der Waals surface area contributed by atoms with Crippen LogP contribution in [-0.2, 0) is 22.6 Å². The average molecular weight is 590 g/mol. The molecular weight excluding hydrogens is 555 g/mol. The molecule has 3 aromatic rings. The van der Waals surface area contributed by atoms with Crippen LogP contribution in [0.2, 0.25) is 0 Å². The van der Waals surface area contributed by atoms with E-state index in [1.807, 2.05) is 12.1 Å². The van der Waals surface area contributed by atoms with Gasteiger partial charge >= 0.3 is 6.18 Å². The molecule has 0 bridgehead atoms. The summed E-state index contributed by atoms with van der Waals surface area (Å²) in [4.78, 5) is 17.5. The summed E-state index contributed by atoms with van der Waals surface area (Å²) in [5.41, 5.74) is 2.18. The molecule has 1 atom stereocenters. The maximum atomic E-state index is 12.9. The lowest BCUT2D eigenvalue weighted by Crippen LogP contribution is -2.31. The molecule has 3 aromatic carbocycles. The lowest BCUT2D eigenvalue weighted by atomic mass is 10.1. The Balaban J connectivity index is 1.33. The average Bonchev–Trinajstić information content (AvgIpc) is 3.21. The number of carbonyl (C=O) groups is 1. The lowest BCUT2D eigenvalue weighted by molar-refractivity contribution is -0.137. The standard InChI is InChI=1S/C30H34F3N3O4S/c1-2-41(39,40)27-14-8-23(9-15-27)28(21-37)34-29(38)24-6-12-26(13-7-24)36-17-3-16-35(18-19-36)20-22-4-10-25(11-5-22)30(31,32)33/h4-15,28,37H,2-3,16-21H2,1H3,(H,34,38)/t28-/m0/s1. The molecule has 1 fully saturated rings. The van der Waals surface area contributed by atoms with Gasteiger partial charge in [-0.3, -0.25) is 9.69 Å². The van der Waals surface area contributed by atoms with E-state index in [2.05, 4.69) is 15.1 Å². The van der Waals surface area contributed by atoms with Gasteiger partial charge in [-0.2, -0.15) is 13.2 Å². The SMILES string of the molecule is CCS(=O)(=O)c1ccc([C@H](CO)NC(=O)c2ccc(N3CCCN(Cc4ccc(C(F)(F)F)cc4)CC3)cc2)cc1. The van der Waals surface area contributed by atoms with E-state index in [0.717, 1.165) is 56.0 Å². The van der Waals surface area contributed by atoms with Gasteiger partial charge in [0.15, 0.2) is 9.84 Å². The van der Waals surface area contributed by atoms with Gasteiger partial charge in [-0.1, -0.05) is 31.2 Å². The molecule has 0 saturated carbocycles. The molecule has 0 aliphatic carbocycles.